The van der Waals surface area contributed by atoms with Gasteiger partial charge in [0.1, 0.15) is 17.2 Å². The first-order valence-electron chi connectivity index (χ1n) is 8.63. The van der Waals surface area contributed by atoms with Crippen molar-refractivity contribution in [1.29, 1.82) is 0 Å². The molecule has 0 saturated heterocycles. The van der Waals surface area contributed by atoms with Crippen LogP contribution in [0.2, 0.25) is 5.02 Å². The molecule has 0 aliphatic rings. The lowest BCUT2D eigenvalue weighted by molar-refractivity contribution is -0.148. The summed E-state index contributed by atoms with van der Waals surface area (Å²) >= 11 is 6.03. The van der Waals surface area contributed by atoms with E-state index in [-0.39, 0.29) is 0 Å². The van der Waals surface area contributed by atoms with Gasteiger partial charge in [-0.15, -0.1) is 0 Å². The predicted octanol–water partition coefficient (Wildman–Crippen LogP) is 3.95. The summed E-state index contributed by atoms with van der Waals surface area (Å²) in [7, 11) is 4.56. The average molecular weight is 420 g/mol. The number of carbonyl (C=O) groups excluding carboxylic acids is 2. The summed E-state index contributed by atoms with van der Waals surface area (Å²) in [5, 5.41) is 2.98. The zero-order valence-corrected chi connectivity index (χ0v) is 17.3. The zero-order chi connectivity index (χ0) is 21.4. The van der Waals surface area contributed by atoms with E-state index >= 15 is 0 Å². The Morgan fingerprint density at radius 3 is 2.34 bits per heavy atom. The average Bonchev–Trinajstić information content (AvgIpc) is 2.72. The van der Waals surface area contributed by atoms with Gasteiger partial charge in [0.25, 0.3) is 5.91 Å². The van der Waals surface area contributed by atoms with Crippen molar-refractivity contribution in [2.75, 3.05) is 26.6 Å². The highest BCUT2D eigenvalue weighted by molar-refractivity contribution is 6.32. The number of rotatable bonds is 8. The van der Waals surface area contributed by atoms with Gasteiger partial charge in [-0.3, -0.25) is 4.79 Å². The molecule has 0 aromatic heterocycles. The summed E-state index contributed by atoms with van der Waals surface area (Å²) in [6, 6.07) is 9.98. The molecule has 29 heavy (non-hydrogen) atoms. The number of hydrogen-bond acceptors (Lipinski definition) is 6. The molecule has 7 nitrogen and oxygen atoms in total. The van der Waals surface area contributed by atoms with E-state index in [4.69, 9.17) is 30.5 Å². The Morgan fingerprint density at radius 2 is 1.72 bits per heavy atom. The summed E-state index contributed by atoms with van der Waals surface area (Å²) in [6.45, 7) is 1.47. The lowest BCUT2D eigenvalue weighted by Gasteiger charge is -2.13. The van der Waals surface area contributed by atoms with Crippen LogP contribution in [-0.2, 0) is 14.3 Å². The second-order valence-corrected chi connectivity index (χ2v) is 6.27. The van der Waals surface area contributed by atoms with E-state index in [0.717, 1.165) is 0 Å². The first kappa shape index (κ1) is 22.1. The molecule has 0 spiro atoms. The topological polar surface area (TPSA) is 83.1 Å². The van der Waals surface area contributed by atoms with E-state index in [1.807, 2.05) is 0 Å². The Morgan fingerprint density at radius 1 is 1.00 bits per heavy atom. The number of benzene rings is 2. The predicted molar refractivity (Wildman–Crippen MR) is 111 cm³/mol. The summed E-state index contributed by atoms with van der Waals surface area (Å²) in [4.78, 5) is 24.3. The molecular formula is C21H22ClNO6. The molecule has 1 amide bonds. The van der Waals surface area contributed by atoms with Crippen molar-refractivity contribution in [2.45, 2.75) is 13.0 Å². The molecule has 1 N–H and O–H groups in total. The molecular weight excluding hydrogens is 398 g/mol. The third kappa shape index (κ3) is 6.15. The molecule has 154 valence electrons. The SMILES string of the molecule is COc1ccc(/C=C/C(=O)OC(C)C(=O)Nc2ccc(OC)c(Cl)c2)c(OC)c1. The van der Waals surface area contributed by atoms with Gasteiger partial charge in [0.15, 0.2) is 6.10 Å². The molecule has 2 aromatic rings. The van der Waals surface area contributed by atoms with Crippen LogP contribution in [0.15, 0.2) is 42.5 Å². The standard InChI is InChI=1S/C21H22ClNO6/c1-13(21(25)23-15-7-9-18(27-3)17(22)11-15)29-20(24)10-6-14-5-8-16(26-2)12-19(14)28-4/h5-13H,1-4H3,(H,23,25)/b10-6+. The zero-order valence-electron chi connectivity index (χ0n) is 16.5. The summed E-state index contributed by atoms with van der Waals surface area (Å²) in [5.41, 5.74) is 1.12. The van der Waals surface area contributed by atoms with Crippen LogP contribution < -0.4 is 19.5 Å². The Balaban J connectivity index is 1.97. The monoisotopic (exact) mass is 419 g/mol. The molecule has 0 heterocycles. The fraction of sp³-hybridized carbons (Fsp3) is 0.238. The van der Waals surface area contributed by atoms with E-state index in [9.17, 15) is 9.59 Å². The van der Waals surface area contributed by atoms with Gasteiger partial charge in [0.05, 0.1) is 26.4 Å². The maximum atomic E-state index is 12.2. The molecule has 0 aliphatic carbocycles. The van der Waals surface area contributed by atoms with Gasteiger partial charge >= 0.3 is 5.97 Å². The summed E-state index contributed by atoms with van der Waals surface area (Å²) < 4.78 is 20.6. The van der Waals surface area contributed by atoms with Crippen molar-refractivity contribution in [3.05, 3.63) is 53.1 Å². The first-order valence-corrected chi connectivity index (χ1v) is 9.00. The van der Waals surface area contributed by atoms with Gasteiger partial charge in [0, 0.05) is 23.4 Å². The summed E-state index contributed by atoms with van der Waals surface area (Å²) in [6.07, 6.45) is 1.75. The highest BCUT2D eigenvalue weighted by Gasteiger charge is 2.17. The minimum Gasteiger partial charge on any atom is -0.497 e. The van der Waals surface area contributed by atoms with Crippen molar-refractivity contribution < 1.29 is 28.5 Å². The number of methoxy groups -OCH3 is 3. The largest absolute Gasteiger partial charge is 0.497 e. The fourth-order valence-corrected chi connectivity index (χ4v) is 2.63. The molecule has 2 aromatic carbocycles. The number of ether oxygens (including phenoxy) is 4. The lowest BCUT2D eigenvalue weighted by atomic mass is 10.1. The molecule has 8 heteroatoms. The smallest absolute Gasteiger partial charge is 0.331 e. The Kier molecular flexibility index (Phi) is 7.91. The maximum absolute atomic E-state index is 12.2. The molecule has 0 saturated carbocycles. The van der Waals surface area contributed by atoms with Crippen LogP contribution in [0.25, 0.3) is 6.08 Å². The van der Waals surface area contributed by atoms with Crippen molar-refractivity contribution in [3.63, 3.8) is 0 Å². The van der Waals surface area contributed by atoms with Crippen molar-refractivity contribution in [1.82, 2.24) is 0 Å². The minimum absolute atomic E-state index is 0.353. The molecule has 2 rings (SSSR count). The van der Waals surface area contributed by atoms with Crippen LogP contribution in [0.1, 0.15) is 12.5 Å². The number of hydrogen-bond donors (Lipinski definition) is 1. The molecule has 0 radical (unpaired) electrons. The van der Waals surface area contributed by atoms with Gasteiger partial charge in [0.2, 0.25) is 0 Å². The maximum Gasteiger partial charge on any atom is 0.331 e. The number of anilines is 1. The van der Waals surface area contributed by atoms with Crippen LogP contribution >= 0.6 is 11.6 Å². The molecule has 0 aliphatic heterocycles. The van der Waals surface area contributed by atoms with Crippen LogP contribution in [-0.4, -0.2) is 39.3 Å². The van der Waals surface area contributed by atoms with E-state index < -0.39 is 18.0 Å². The lowest BCUT2D eigenvalue weighted by Crippen LogP contribution is -2.29. The van der Waals surface area contributed by atoms with Gasteiger partial charge in [-0.05, 0) is 43.3 Å². The Hall–Kier alpha value is -3.19. The number of esters is 1. The minimum atomic E-state index is -1.01. The highest BCUT2D eigenvalue weighted by atomic mass is 35.5. The van der Waals surface area contributed by atoms with Crippen molar-refractivity contribution in [2.24, 2.45) is 0 Å². The van der Waals surface area contributed by atoms with Crippen LogP contribution in [0.3, 0.4) is 0 Å². The quantitative estimate of drug-likeness (QED) is 0.515. The first-order chi connectivity index (χ1) is 13.9. The van der Waals surface area contributed by atoms with Crippen molar-refractivity contribution >= 4 is 35.2 Å². The van der Waals surface area contributed by atoms with Crippen LogP contribution in [0, 0.1) is 0 Å². The number of nitrogens with one attached hydrogen (secondary N) is 1. The van der Waals surface area contributed by atoms with Gasteiger partial charge in [-0.25, -0.2) is 4.79 Å². The number of carbonyl (C=O) groups is 2. The normalized spacial score (nSPS) is 11.6. The number of amides is 1. The Bertz CT molecular complexity index is 912. The third-order valence-electron chi connectivity index (χ3n) is 3.92. The van der Waals surface area contributed by atoms with Crippen LogP contribution in [0.5, 0.6) is 17.2 Å². The second-order valence-electron chi connectivity index (χ2n) is 5.86. The highest BCUT2D eigenvalue weighted by Crippen LogP contribution is 2.27. The summed E-state index contributed by atoms with van der Waals surface area (Å²) in [5.74, 6) is 0.498. The van der Waals surface area contributed by atoms with E-state index in [1.165, 1.54) is 33.3 Å². The van der Waals surface area contributed by atoms with Gasteiger partial charge < -0.3 is 24.3 Å². The second kappa shape index (κ2) is 10.4. The Labute approximate surface area is 174 Å². The molecule has 1 atom stereocenters. The third-order valence-corrected chi connectivity index (χ3v) is 4.22. The number of halogens is 1. The van der Waals surface area contributed by atoms with Gasteiger partial charge in [-0.2, -0.15) is 0 Å². The fourth-order valence-electron chi connectivity index (χ4n) is 2.37. The van der Waals surface area contributed by atoms with Crippen molar-refractivity contribution in [3.8, 4) is 17.2 Å². The molecule has 0 fully saturated rings. The molecule has 0 bridgehead atoms. The van der Waals surface area contributed by atoms with E-state index in [1.54, 1.807) is 43.5 Å². The van der Waals surface area contributed by atoms with E-state index in [2.05, 4.69) is 5.32 Å². The van der Waals surface area contributed by atoms with Crippen LogP contribution in [0.4, 0.5) is 5.69 Å². The van der Waals surface area contributed by atoms with E-state index in [0.29, 0.717) is 33.5 Å². The molecule has 1 unspecified atom stereocenters. The van der Waals surface area contributed by atoms with Gasteiger partial charge in [-0.1, -0.05) is 11.6 Å².